The van der Waals surface area contributed by atoms with Gasteiger partial charge < -0.3 is 0 Å². The van der Waals surface area contributed by atoms with E-state index in [9.17, 15) is 9.90 Å². The lowest BCUT2D eigenvalue weighted by Gasteiger charge is -1.98. The van der Waals surface area contributed by atoms with Crippen LogP contribution in [0.2, 0.25) is 0 Å². The second-order valence-electron chi connectivity index (χ2n) is 1.99. The largest absolute Gasteiger partial charge is 0.387 e. The number of hydrogen-bond acceptors (Lipinski definition) is 2. The van der Waals surface area contributed by atoms with Gasteiger partial charge in [0.15, 0.2) is 0 Å². The molecule has 0 fully saturated rings. The fourth-order valence-corrected chi connectivity index (χ4v) is 1.40. The smallest absolute Gasteiger partial charge is 0.241 e. The monoisotopic (exact) mass is 167 g/mol. The summed E-state index contributed by atoms with van der Waals surface area (Å²) in [5.41, 5.74) is 0.264. The molecule has 0 heterocycles. The Morgan fingerprint density at radius 2 is 2.00 bits per heavy atom. The summed E-state index contributed by atoms with van der Waals surface area (Å²) < 4.78 is 0. The van der Waals surface area contributed by atoms with Gasteiger partial charge in [-0.15, -0.1) is 11.8 Å². The van der Waals surface area contributed by atoms with Crippen molar-refractivity contribution < 1.29 is 9.90 Å². The van der Waals surface area contributed by atoms with Crippen LogP contribution in [0.3, 0.4) is 0 Å². The van der Waals surface area contributed by atoms with Gasteiger partial charge in [0, 0.05) is 4.90 Å². The predicted molar refractivity (Wildman–Crippen MR) is 43.2 cm³/mol. The van der Waals surface area contributed by atoms with Crippen LogP contribution in [-0.2, 0) is 5.11 Å². The fourth-order valence-electron chi connectivity index (χ4n) is 0.813. The Kier molecular flexibility index (Phi) is 2.54. The van der Waals surface area contributed by atoms with E-state index in [1.54, 1.807) is 24.3 Å². The van der Waals surface area contributed by atoms with Gasteiger partial charge in [-0.05, 0) is 18.4 Å². The first kappa shape index (κ1) is 8.14. The molecular formula is C8H7O2S. The molecule has 2 nitrogen and oxygen atoms in total. The van der Waals surface area contributed by atoms with Gasteiger partial charge in [-0.1, -0.05) is 12.1 Å². The van der Waals surface area contributed by atoms with Crippen LogP contribution >= 0.6 is 11.8 Å². The van der Waals surface area contributed by atoms with E-state index in [2.05, 4.69) is 0 Å². The quantitative estimate of drug-likeness (QED) is 0.631. The summed E-state index contributed by atoms with van der Waals surface area (Å²) in [4.78, 5) is 11.2. The van der Waals surface area contributed by atoms with E-state index in [0.717, 1.165) is 4.90 Å². The molecule has 0 aliphatic rings. The lowest BCUT2D eigenvalue weighted by molar-refractivity contribution is 0.0569. The first-order valence-corrected chi connectivity index (χ1v) is 4.32. The molecular weight excluding hydrogens is 160 g/mol. The summed E-state index contributed by atoms with van der Waals surface area (Å²) in [5, 5.41) is 10.5. The van der Waals surface area contributed by atoms with Crippen molar-refractivity contribution in [2.24, 2.45) is 0 Å². The van der Waals surface area contributed by atoms with E-state index in [4.69, 9.17) is 0 Å². The Labute approximate surface area is 69.2 Å². The number of hydrogen-bond donors (Lipinski definition) is 0. The maximum atomic E-state index is 10.5. The summed E-state index contributed by atoms with van der Waals surface area (Å²) in [6, 6.07) is 6.79. The number of benzene rings is 1. The van der Waals surface area contributed by atoms with Gasteiger partial charge in [0.2, 0.25) is 0 Å². The standard InChI is InChI=1S/C8H7O2S/c1-11-7-5-3-2-4-6(7)8(9)10/h2-5H,1H3. The minimum absolute atomic E-state index is 0.264. The summed E-state index contributed by atoms with van der Waals surface area (Å²) >= 11 is 1.40. The highest BCUT2D eigenvalue weighted by molar-refractivity contribution is 7.98. The molecule has 1 aromatic rings. The van der Waals surface area contributed by atoms with Gasteiger partial charge in [-0.2, -0.15) is 0 Å². The molecule has 0 saturated heterocycles. The van der Waals surface area contributed by atoms with Crippen LogP contribution in [0.1, 0.15) is 10.4 Å². The third kappa shape index (κ3) is 1.74. The normalized spacial score (nSPS) is 9.55. The molecule has 0 bridgehead atoms. The van der Waals surface area contributed by atoms with Crippen molar-refractivity contribution in [1.29, 1.82) is 0 Å². The van der Waals surface area contributed by atoms with Crippen LogP contribution in [0.4, 0.5) is 0 Å². The van der Waals surface area contributed by atoms with Crippen molar-refractivity contribution >= 4 is 17.7 Å². The first-order valence-electron chi connectivity index (χ1n) is 3.10. The van der Waals surface area contributed by atoms with E-state index in [1.807, 2.05) is 6.26 Å². The molecule has 0 aliphatic carbocycles. The van der Waals surface area contributed by atoms with Gasteiger partial charge in [-0.3, -0.25) is 0 Å². The second-order valence-corrected chi connectivity index (χ2v) is 2.84. The van der Waals surface area contributed by atoms with E-state index < -0.39 is 5.97 Å². The van der Waals surface area contributed by atoms with Crippen LogP contribution in [-0.4, -0.2) is 12.2 Å². The SMILES string of the molecule is CSc1ccccc1C([O])=O. The third-order valence-corrected chi connectivity index (χ3v) is 2.12. The molecule has 1 rings (SSSR count). The van der Waals surface area contributed by atoms with Crippen molar-refractivity contribution in [3.63, 3.8) is 0 Å². The van der Waals surface area contributed by atoms with Crippen LogP contribution in [0, 0.1) is 0 Å². The highest BCUT2D eigenvalue weighted by Gasteiger charge is 2.08. The topological polar surface area (TPSA) is 37.0 Å². The zero-order valence-electron chi connectivity index (χ0n) is 6.03. The van der Waals surface area contributed by atoms with Crippen LogP contribution in [0.25, 0.3) is 0 Å². The predicted octanol–water partition coefficient (Wildman–Crippen LogP) is 1.98. The molecule has 0 aromatic heterocycles. The molecule has 57 valence electrons. The van der Waals surface area contributed by atoms with Gasteiger partial charge >= 0.3 is 5.97 Å². The molecule has 0 spiro atoms. The summed E-state index contributed by atoms with van der Waals surface area (Å²) in [6.07, 6.45) is 1.84. The van der Waals surface area contributed by atoms with E-state index in [-0.39, 0.29) is 5.56 Å². The Balaban J connectivity index is 3.12. The first-order chi connectivity index (χ1) is 5.25. The molecule has 0 saturated carbocycles. The van der Waals surface area contributed by atoms with Gasteiger partial charge in [0.25, 0.3) is 0 Å². The highest BCUT2D eigenvalue weighted by atomic mass is 32.2. The van der Waals surface area contributed by atoms with Crippen LogP contribution in [0.15, 0.2) is 29.2 Å². The third-order valence-electron chi connectivity index (χ3n) is 1.33. The maximum absolute atomic E-state index is 10.5. The Hall–Kier alpha value is -0.960. The Morgan fingerprint density at radius 3 is 2.45 bits per heavy atom. The molecule has 0 atom stereocenters. The van der Waals surface area contributed by atoms with Crippen molar-refractivity contribution in [3.8, 4) is 0 Å². The van der Waals surface area contributed by atoms with Gasteiger partial charge in [0.05, 0.1) is 5.56 Å². The molecule has 0 N–H and O–H groups in total. The average molecular weight is 167 g/mol. The fraction of sp³-hybridized carbons (Fsp3) is 0.125. The number of carbonyl (C=O) groups is 1. The number of rotatable bonds is 2. The Bertz CT molecular complexity index is 271. The maximum Gasteiger partial charge on any atom is 0.387 e. The molecule has 11 heavy (non-hydrogen) atoms. The van der Waals surface area contributed by atoms with Crippen molar-refractivity contribution in [3.05, 3.63) is 29.8 Å². The van der Waals surface area contributed by atoms with Gasteiger partial charge in [0.1, 0.15) is 0 Å². The average Bonchev–Trinajstić information content (AvgIpc) is 2.04. The molecule has 0 amide bonds. The minimum atomic E-state index is -1.12. The van der Waals surface area contributed by atoms with E-state index in [1.165, 1.54) is 11.8 Å². The Morgan fingerprint density at radius 1 is 1.36 bits per heavy atom. The summed E-state index contributed by atoms with van der Waals surface area (Å²) in [6.45, 7) is 0. The summed E-state index contributed by atoms with van der Waals surface area (Å²) in [7, 11) is 0. The molecule has 3 heteroatoms. The zero-order valence-corrected chi connectivity index (χ0v) is 6.85. The molecule has 0 unspecified atom stereocenters. The lowest BCUT2D eigenvalue weighted by Crippen LogP contribution is -1.95. The number of thioether (sulfide) groups is 1. The van der Waals surface area contributed by atoms with Crippen molar-refractivity contribution in [2.45, 2.75) is 4.90 Å². The zero-order chi connectivity index (χ0) is 8.27. The van der Waals surface area contributed by atoms with Gasteiger partial charge in [-0.25, -0.2) is 9.90 Å². The van der Waals surface area contributed by atoms with E-state index in [0.29, 0.717) is 0 Å². The summed E-state index contributed by atoms with van der Waals surface area (Å²) in [5.74, 6) is -1.12. The molecule has 1 radical (unpaired) electrons. The van der Waals surface area contributed by atoms with Crippen LogP contribution < -0.4 is 0 Å². The minimum Gasteiger partial charge on any atom is -0.241 e. The van der Waals surface area contributed by atoms with Crippen molar-refractivity contribution in [2.75, 3.05) is 6.26 Å². The van der Waals surface area contributed by atoms with Crippen molar-refractivity contribution in [1.82, 2.24) is 0 Å². The van der Waals surface area contributed by atoms with E-state index >= 15 is 0 Å². The number of carbonyl (C=O) groups excluding carboxylic acids is 1. The molecule has 0 aliphatic heterocycles. The molecule has 1 aromatic carbocycles. The lowest BCUT2D eigenvalue weighted by atomic mass is 10.2. The second kappa shape index (κ2) is 3.44. The van der Waals surface area contributed by atoms with Crippen LogP contribution in [0.5, 0.6) is 0 Å². The highest BCUT2D eigenvalue weighted by Crippen LogP contribution is 2.19.